The zero-order valence-corrected chi connectivity index (χ0v) is 42.7. The maximum absolute atomic E-state index is 12.8. The number of carbonyl (C=O) groups is 2. The van der Waals surface area contributed by atoms with Gasteiger partial charge in [0.05, 0.1) is 13.2 Å². The smallest absolute Gasteiger partial charge is 0.450 e. The molecule has 4 aliphatic carbocycles. The van der Waals surface area contributed by atoms with Crippen LogP contribution in [0.5, 0.6) is 0 Å². The Morgan fingerprint density at radius 3 is 2.02 bits per heavy atom. The molecule has 0 heterocycles. The molecule has 64 heavy (non-hydrogen) atoms. The Hall–Kier alpha value is -1.80. The molecule has 4 aliphatic rings. The lowest BCUT2D eigenvalue weighted by molar-refractivity contribution is -0.0617. The second kappa shape index (κ2) is 30.6. The molecule has 0 aromatic heterocycles. The van der Waals surface area contributed by atoms with Crippen molar-refractivity contribution in [3.63, 3.8) is 0 Å². The van der Waals surface area contributed by atoms with E-state index in [0.29, 0.717) is 25.2 Å². The largest absolute Gasteiger partial charge is 0.508 e. The van der Waals surface area contributed by atoms with Crippen LogP contribution >= 0.6 is 0 Å². The number of fused-ring (bicyclic) bond motifs is 5. The highest BCUT2D eigenvalue weighted by Crippen LogP contribution is 2.67. The van der Waals surface area contributed by atoms with Crippen LogP contribution in [0.1, 0.15) is 234 Å². The van der Waals surface area contributed by atoms with Gasteiger partial charge in [-0.1, -0.05) is 150 Å². The van der Waals surface area contributed by atoms with Crippen LogP contribution in [0.2, 0.25) is 0 Å². The first-order valence-electron chi connectivity index (χ1n) is 27.8. The third-order valence-electron chi connectivity index (χ3n) is 17.1. The summed E-state index contributed by atoms with van der Waals surface area (Å²) in [6, 6.07) is 0. The number of hydrogen-bond acceptors (Lipinski definition) is 7. The molecular formula is C56H102N2O6. The highest BCUT2D eigenvalue weighted by atomic mass is 16.7. The van der Waals surface area contributed by atoms with Crippen LogP contribution in [0.3, 0.4) is 0 Å². The Bertz CT molecular complexity index is 1310. The number of amides is 1. The molecule has 0 aromatic carbocycles. The molecule has 0 aliphatic heterocycles. The van der Waals surface area contributed by atoms with Crippen molar-refractivity contribution in [2.75, 3.05) is 46.0 Å². The summed E-state index contributed by atoms with van der Waals surface area (Å²) in [7, 11) is 0. The van der Waals surface area contributed by atoms with Crippen molar-refractivity contribution in [1.29, 1.82) is 0 Å². The van der Waals surface area contributed by atoms with Crippen molar-refractivity contribution >= 4 is 12.2 Å². The van der Waals surface area contributed by atoms with E-state index >= 15 is 0 Å². The normalized spacial score (nSPS) is 26.8. The third kappa shape index (κ3) is 18.4. The zero-order chi connectivity index (χ0) is 46.0. The average Bonchev–Trinajstić information content (AvgIpc) is 3.63. The van der Waals surface area contributed by atoms with E-state index in [4.69, 9.17) is 14.2 Å². The molecular weight excluding hydrogens is 797 g/mol. The summed E-state index contributed by atoms with van der Waals surface area (Å²) in [4.78, 5) is 27.4. The number of nitrogens with one attached hydrogen (secondary N) is 1. The second-order valence-corrected chi connectivity index (χ2v) is 22.4. The highest BCUT2D eigenvalue weighted by Gasteiger charge is 2.59. The number of hydrogen-bond donors (Lipinski definition) is 2. The molecule has 0 saturated heterocycles. The molecule has 0 radical (unpaired) electrons. The maximum atomic E-state index is 12.8. The van der Waals surface area contributed by atoms with Gasteiger partial charge >= 0.3 is 12.2 Å². The van der Waals surface area contributed by atoms with Crippen LogP contribution in [0.25, 0.3) is 0 Å². The van der Waals surface area contributed by atoms with Crippen LogP contribution < -0.4 is 5.32 Å². The topological polar surface area (TPSA) is 97.3 Å². The summed E-state index contributed by atoms with van der Waals surface area (Å²) in [5.41, 5.74) is 2.33. The minimum Gasteiger partial charge on any atom is -0.450 e. The lowest BCUT2D eigenvalue weighted by atomic mass is 9.47. The number of aliphatic hydroxyl groups is 1. The quantitative estimate of drug-likeness (QED) is 0.0377. The second-order valence-electron chi connectivity index (χ2n) is 22.4. The van der Waals surface area contributed by atoms with E-state index in [2.05, 4.69) is 57.8 Å². The number of rotatable bonds is 34. The van der Waals surface area contributed by atoms with Crippen LogP contribution in [0, 0.1) is 46.3 Å². The van der Waals surface area contributed by atoms with E-state index in [9.17, 15) is 14.7 Å². The maximum Gasteiger partial charge on any atom is 0.508 e. The Labute approximate surface area is 394 Å². The first kappa shape index (κ1) is 54.8. The minimum atomic E-state index is -0.481. The molecule has 4 rings (SSSR count). The summed E-state index contributed by atoms with van der Waals surface area (Å²) in [6.07, 6.45) is 37.5. The molecule has 8 atom stereocenters. The lowest BCUT2D eigenvalue weighted by Crippen LogP contribution is -2.51. The zero-order valence-electron chi connectivity index (χ0n) is 42.7. The van der Waals surface area contributed by atoms with Crippen LogP contribution in [-0.2, 0) is 14.2 Å². The van der Waals surface area contributed by atoms with E-state index in [-0.39, 0.29) is 24.2 Å². The number of nitrogens with zero attached hydrogens (tertiary/aromatic N) is 1. The molecule has 3 fully saturated rings. The summed E-state index contributed by atoms with van der Waals surface area (Å²) in [5.74, 6) is 5.01. The van der Waals surface area contributed by atoms with Gasteiger partial charge in [-0.3, -0.25) is 0 Å². The number of alkyl carbamates (subject to hydrolysis) is 1. The van der Waals surface area contributed by atoms with Gasteiger partial charge in [-0.15, -0.1) is 0 Å². The average molecular weight is 899 g/mol. The Morgan fingerprint density at radius 1 is 0.719 bits per heavy atom. The highest BCUT2D eigenvalue weighted by molar-refractivity contribution is 5.67. The van der Waals surface area contributed by atoms with Gasteiger partial charge in [-0.25, -0.2) is 9.59 Å². The standard InChI is InChI=1S/C56H102N2O6/c1-7-8-9-10-11-12-13-14-19-37-57-53(60)62-42-24-17-15-20-38-58(40-22-23-41-59)39-21-16-18-25-43-63-54(61)64-48-33-35-55(5)47(44-48)29-30-49-51-32-31-50(46(4)28-26-27-45(2)3)56(51,6)36-34-52(49)55/h29,45-46,48-52,59H,7-28,30-44H2,1-6H3,(H,57,60)/t46-,48+,49+,50-,51+,52+,55+,56-/m1/s1. The van der Waals surface area contributed by atoms with Gasteiger partial charge in [-0.2, -0.15) is 0 Å². The number of allylic oxidation sites excluding steroid dienone is 1. The number of carbonyl (C=O) groups excluding carboxylic acids is 2. The Morgan fingerprint density at radius 2 is 1.34 bits per heavy atom. The van der Waals surface area contributed by atoms with E-state index in [1.165, 1.54) is 103 Å². The van der Waals surface area contributed by atoms with Crippen molar-refractivity contribution in [1.82, 2.24) is 10.2 Å². The van der Waals surface area contributed by atoms with Crippen molar-refractivity contribution in [3.8, 4) is 0 Å². The van der Waals surface area contributed by atoms with Crippen molar-refractivity contribution in [2.24, 2.45) is 46.3 Å². The molecule has 0 spiro atoms. The van der Waals surface area contributed by atoms with Gasteiger partial charge in [-0.05, 0) is 156 Å². The Balaban J connectivity index is 1.02. The molecule has 0 unspecified atom stereocenters. The Kier molecular flexibility index (Phi) is 26.2. The monoisotopic (exact) mass is 899 g/mol. The third-order valence-corrected chi connectivity index (χ3v) is 17.1. The van der Waals surface area contributed by atoms with Gasteiger partial charge in [0.15, 0.2) is 0 Å². The minimum absolute atomic E-state index is 0.0597. The lowest BCUT2D eigenvalue weighted by Gasteiger charge is -2.58. The van der Waals surface area contributed by atoms with Crippen molar-refractivity contribution in [3.05, 3.63) is 11.6 Å². The fraction of sp³-hybridized carbons (Fsp3) is 0.929. The van der Waals surface area contributed by atoms with Gasteiger partial charge in [0.2, 0.25) is 0 Å². The molecule has 372 valence electrons. The first-order chi connectivity index (χ1) is 31.0. The van der Waals surface area contributed by atoms with Gasteiger partial charge in [0.1, 0.15) is 6.10 Å². The summed E-state index contributed by atoms with van der Waals surface area (Å²) in [5, 5.41) is 12.2. The summed E-state index contributed by atoms with van der Waals surface area (Å²) >= 11 is 0. The van der Waals surface area contributed by atoms with Crippen LogP contribution in [0.15, 0.2) is 11.6 Å². The number of ether oxygens (including phenoxy) is 3. The predicted molar refractivity (Wildman–Crippen MR) is 266 cm³/mol. The summed E-state index contributed by atoms with van der Waals surface area (Å²) in [6.45, 7) is 19.8. The van der Waals surface area contributed by atoms with Crippen LogP contribution in [0.4, 0.5) is 9.59 Å². The predicted octanol–water partition coefficient (Wildman–Crippen LogP) is 15.0. The molecule has 3 saturated carbocycles. The molecule has 2 N–H and O–H groups in total. The number of unbranched alkanes of at least 4 members (excludes halogenated alkanes) is 15. The van der Waals surface area contributed by atoms with Crippen LogP contribution in [-0.4, -0.2) is 74.4 Å². The van der Waals surface area contributed by atoms with E-state index in [0.717, 1.165) is 145 Å². The van der Waals surface area contributed by atoms with Gasteiger partial charge < -0.3 is 29.5 Å². The molecule has 0 aromatic rings. The van der Waals surface area contributed by atoms with Crippen molar-refractivity contribution < 1.29 is 28.9 Å². The van der Waals surface area contributed by atoms with E-state index in [1.54, 1.807) is 5.57 Å². The van der Waals surface area contributed by atoms with Crippen molar-refractivity contribution in [2.45, 2.75) is 240 Å². The van der Waals surface area contributed by atoms with Gasteiger partial charge in [0.25, 0.3) is 0 Å². The molecule has 1 amide bonds. The fourth-order valence-corrected chi connectivity index (χ4v) is 13.3. The number of aliphatic hydroxyl groups excluding tert-OH is 1. The summed E-state index contributed by atoms with van der Waals surface area (Å²) < 4.78 is 17.0. The fourth-order valence-electron chi connectivity index (χ4n) is 13.3. The molecule has 0 bridgehead atoms. The van der Waals surface area contributed by atoms with E-state index in [1.807, 2.05) is 0 Å². The SMILES string of the molecule is CCCCCCCCCCCNC(=O)OCCCCCCN(CCCCO)CCCCCCOC(=O)O[C@H]1CC[C@@]2(C)C(=CC[C@H]3[C@@H]4CC[C@H]([C@H](C)CCCC(C)C)[C@@]4(C)CC[C@@H]32)C1. The van der Waals surface area contributed by atoms with E-state index < -0.39 is 6.16 Å². The molecule has 8 heteroatoms. The van der Waals surface area contributed by atoms with Gasteiger partial charge in [0, 0.05) is 19.6 Å². The first-order valence-corrected chi connectivity index (χ1v) is 27.8. The molecule has 8 nitrogen and oxygen atoms in total.